The maximum atomic E-state index is 9.01. The predicted molar refractivity (Wildman–Crippen MR) is 625 cm³/mol. The number of phenols is 3. The van der Waals surface area contributed by atoms with Crippen molar-refractivity contribution in [1.29, 1.82) is 0 Å². The Morgan fingerprint density at radius 1 is 0.214 bits per heavy atom. The average Bonchev–Trinajstić information content (AvgIpc) is 0.846. The Bertz CT molecular complexity index is 4970. The van der Waals surface area contributed by atoms with E-state index in [1.54, 1.807) is 36.4 Å². The van der Waals surface area contributed by atoms with E-state index in [0.717, 1.165) is 87.9 Å². The molecule has 12 aromatic carbocycles. The van der Waals surface area contributed by atoms with Crippen molar-refractivity contribution in [2.75, 3.05) is 19.8 Å². The summed E-state index contributed by atoms with van der Waals surface area (Å²) in [6, 6.07) is 102. The van der Waals surface area contributed by atoms with Crippen LogP contribution in [0.25, 0.3) is 0 Å². The van der Waals surface area contributed by atoms with Crippen molar-refractivity contribution in [3.8, 4) is 34.5 Å². The normalized spacial score (nSPS) is 13.5. The van der Waals surface area contributed by atoms with Crippen LogP contribution >= 0.6 is 0 Å². The van der Waals surface area contributed by atoms with Crippen LogP contribution in [-0.4, -0.2) is 54.0 Å². The second kappa shape index (κ2) is 68.7. The first kappa shape index (κ1) is 127. The number of ether oxygens (including phenoxy) is 6. The lowest BCUT2D eigenvalue weighted by atomic mass is 9.85. The number of aryl methyl sites for hydroxylation is 3. The van der Waals surface area contributed by atoms with E-state index in [1.807, 2.05) is 112 Å². The number of hydrogen-bond donors (Lipinski definition) is 3. The molecule has 0 saturated carbocycles. The molecule has 792 valence electrons. The highest BCUT2D eigenvalue weighted by molar-refractivity contribution is 5.37. The van der Waals surface area contributed by atoms with Crippen LogP contribution in [0.2, 0.25) is 0 Å². The van der Waals surface area contributed by atoms with Crippen molar-refractivity contribution < 1.29 is 43.7 Å². The first-order valence-electron chi connectivity index (χ1n) is 54.9. The summed E-state index contributed by atoms with van der Waals surface area (Å²) in [6.45, 7) is 72.4. The minimum absolute atomic E-state index is 0.225. The van der Waals surface area contributed by atoms with Crippen molar-refractivity contribution in [2.24, 2.45) is 0 Å². The summed E-state index contributed by atoms with van der Waals surface area (Å²) in [5, 5.41) is 27.0. The zero-order valence-corrected chi connectivity index (χ0v) is 96.0. The SMILES string of the molecule is CCC(C)c1ccc(C(C)(C)C)cc1.CCC(C)c1ccc(C(C)(C)C)cc1.CCC(C)c1ccc(C(C)(C)C)cc1.CCC(C)c1ccc(O)cc1.CCC(C)c1ccc(O)cc1.CCC(C)c1ccc(O)cc1.CCC(C)c1ccc(OC(C)OCCCc2ccc(C)cc2)cc1.CCC(C)c1ccc(OC(C)OCCc2ccccc2)cc1.CCc1ccc(CCOC(C)Oc2ccc(C(C)CC)cc2)cc1. The molecule has 0 spiro atoms. The maximum absolute atomic E-state index is 9.01. The highest BCUT2D eigenvalue weighted by Gasteiger charge is 2.19. The fourth-order valence-electron chi connectivity index (χ4n) is 15.3. The first-order valence-corrected chi connectivity index (χ1v) is 54.9. The maximum Gasteiger partial charge on any atom is 0.196 e. The molecule has 3 N–H and O–H groups in total. The van der Waals surface area contributed by atoms with Crippen LogP contribution in [-0.2, 0) is 56.1 Å². The second-order valence-corrected chi connectivity index (χ2v) is 42.8. The molecule has 0 aliphatic heterocycles. The summed E-state index contributed by atoms with van der Waals surface area (Å²) in [5.74, 6) is 9.23. The molecule has 0 aliphatic carbocycles. The van der Waals surface area contributed by atoms with E-state index in [9.17, 15) is 0 Å². The summed E-state index contributed by atoms with van der Waals surface area (Å²) in [5.41, 5.74) is 24.0. The van der Waals surface area contributed by atoms with Crippen LogP contribution in [0.3, 0.4) is 0 Å². The Labute approximate surface area is 884 Å². The van der Waals surface area contributed by atoms with Crippen molar-refractivity contribution in [3.63, 3.8) is 0 Å². The van der Waals surface area contributed by atoms with Gasteiger partial charge in [0.1, 0.15) is 34.5 Å². The number of aromatic hydroxyl groups is 3. The van der Waals surface area contributed by atoms with Gasteiger partial charge in [-0.25, -0.2) is 0 Å². The molecule has 0 fully saturated rings. The minimum atomic E-state index is -0.241. The number of rotatable bonds is 38. The van der Waals surface area contributed by atoms with E-state index < -0.39 is 0 Å². The molecule has 0 aliphatic rings. The van der Waals surface area contributed by atoms with Gasteiger partial charge >= 0.3 is 0 Å². The van der Waals surface area contributed by atoms with Crippen LogP contribution in [0, 0.1) is 6.92 Å². The molecule has 0 aromatic heterocycles. The van der Waals surface area contributed by atoms with Gasteiger partial charge in [0.05, 0.1) is 19.8 Å². The van der Waals surface area contributed by atoms with Gasteiger partial charge in [0.2, 0.25) is 0 Å². The highest BCUT2D eigenvalue weighted by Crippen LogP contribution is 2.33. The predicted octanol–water partition coefficient (Wildman–Crippen LogP) is 39.0. The smallest absolute Gasteiger partial charge is 0.196 e. The largest absolute Gasteiger partial charge is 0.508 e. The second-order valence-electron chi connectivity index (χ2n) is 42.8. The number of hydrogen-bond acceptors (Lipinski definition) is 9. The Hall–Kier alpha value is -10.7. The molecule has 12 aromatic rings. The molecule has 0 heterocycles. The summed E-state index contributed by atoms with van der Waals surface area (Å²) < 4.78 is 34.7. The molecule has 145 heavy (non-hydrogen) atoms. The lowest BCUT2D eigenvalue weighted by Crippen LogP contribution is -2.17. The quantitative estimate of drug-likeness (QED) is 0.0257. The van der Waals surface area contributed by atoms with Crippen LogP contribution in [0.15, 0.2) is 297 Å². The summed E-state index contributed by atoms with van der Waals surface area (Å²) in [4.78, 5) is 0. The van der Waals surface area contributed by atoms with E-state index in [-0.39, 0.29) is 35.1 Å². The zero-order chi connectivity index (χ0) is 108. The van der Waals surface area contributed by atoms with Crippen LogP contribution < -0.4 is 14.2 Å². The molecule has 12 unspecified atom stereocenters. The van der Waals surface area contributed by atoms with Crippen molar-refractivity contribution in [3.05, 3.63) is 392 Å². The lowest BCUT2D eigenvalue weighted by molar-refractivity contribution is -0.0673. The van der Waals surface area contributed by atoms with Crippen molar-refractivity contribution in [2.45, 2.75) is 400 Å². The van der Waals surface area contributed by atoms with Crippen molar-refractivity contribution in [1.82, 2.24) is 0 Å². The molecule has 0 bridgehead atoms. The lowest BCUT2D eigenvalue weighted by Gasteiger charge is -2.20. The van der Waals surface area contributed by atoms with Gasteiger partial charge in [-0.3, -0.25) is 0 Å². The average molecular weight is 1970 g/mol. The van der Waals surface area contributed by atoms with E-state index in [2.05, 4.69) is 371 Å². The Balaban J connectivity index is 0.000000345. The topological polar surface area (TPSA) is 116 Å². The summed E-state index contributed by atoms with van der Waals surface area (Å²) in [6.07, 6.45) is 14.8. The number of phenolic OH excluding ortho intramolecular Hbond substituents is 3. The highest BCUT2D eigenvalue weighted by atomic mass is 16.7. The first-order chi connectivity index (χ1) is 68.9. The van der Waals surface area contributed by atoms with E-state index in [1.165, 1.54) is 114 Å². The van der Waals surface area contributed by atoms with Crippen LogP contribution in [0.4, 0.5) is 0 Å². The Morgan fingerprint density at radius 2 is 0.407 bits per heavy atom. The van der Waals surface area contributed by atoms with E-state index in [4.69, 9.17) is 43.7 Å². The molecule has 12 atom stereocenters. The van der Waals surface area contributed by atoms with Crippen molar-refractivity contribution >= 4 is 0 Å². The summed E-state index contributed by atoms with van der Waals surface area (Å²) in [7, 11) is 0. The van der Waals surface area contributed by atoms with E-state index in [0.29, 0.717) is 90.3 Å². The molecule has 0 amide bonds. The van der Waals surface area contributed by atoms with E-state index >= 15 is 0 Å². The van der Waals surface area contributed by atoms with Gasteiger partial charge in [-0.15, -0.1) is 0 Å². The van der Waals surface area contributed by atoms with Crippen LogP contribution in [0.1, 0.15) is 427 Å². The fourth-order valence-corrected chi connectivity index (χ4v) is 15.3. The Kier molecular flexibility index (Phi) is 60.0. The van der Waals surface area contributed by atoms with Gasteiger partial charge in [0.15, 0.2) is 18.9 Å². The molecule has 9 heteroatoms. The Morgan fingerprint density at radius 3 is 0.628 bits per heavy atom. The van der Waals surface area contributed by atoms with Gasteiger partial charge in [-0.1, -0.05) is 424 Å². The molecule has 0 radical (unpaired) electrons. The van der Waals surface area contributed by atoms with Gasteiger partial charge in [-0.2, -0.15) is 0 Å². The monoisotopic (exact) mass is 1970 g/mol. The van der Waals surface area contributed by atoms with Gasteiger partial charge in [-0.05, 0) is 349 Å². The molecular formula is C136H194O9. The standard InChI is InChI=1S/2C22H30O2.C20H26O2.3C14H22.3C10H14O/c1-5-18(3)21-12-14-22(15-13-21)24-19(4)23-16-6-7-20-10-8-17(2)9-11-20;1-5-17(3)21-11-13-22(14-12-21)24-18(4)23-16-15-20-9-7-19(6-2)8-10-20;1-4-16(2)19-10-12-20(13-11-19)22-17(3)21-15-14-18-8-6-5-7-9-18;3*1-6-11(2)12-7-9-13(10-8-12)14(3,4)5;3*1-3-8(2)9-4-6-10(11)7-5-9/h8-15,18-19H,5-7,16H2,1-4H3;7-14,17-18H,5-6,15-16H2,1-4H3;5-13,16-17H,4,14-15H2,1-3H3;3*7-11H,6H2,1-5H3;3*4-8,11H,3H2,1-2H3. The van der Waals surface area contributed by atoms with Gasteiger partial charge in [0.25, 0.3) is 0 Å². The summed E-state index contributed by atoms with van der Waals surface area (Å²) >= 11 is 0. The third-order valence-corrected chi connectivity index (χ3v) is 28.0. The molecular weight excluding hydrogens is 1780 g/mol. The van der Waals surface area contributed by atoms with Gasteiger partial charge in [0, 0.05) is 0 Å². The minimum Gasteiger partial charge on any atom is -0.508 e. The third-order valence-electron chi connectivity index (χ3n) is 28.0. The fraction of sp³-hybridized carbons (Fsp3) is 0.471. The zero-order valence-electron chi connectivity index (χ0n) is 96.0. The molecule has 9 nitrogen and oxygen atoms in total. The number of benzene rings is 12. The third kappa shape index (κ3) is 51.0. The van der Waals surface area contributed by atoms with Gasteiger partial charge < -0.3 is 43.7 Å². The molecule has 0 saturated heterocycles. The van der Waals surface area contributed by atoms with Crippen LogP contribution in [0.5, 0.6) is 34.5 Å². The molecule has 12 rings (SSSR count).